The van der Waals surface area contributed by atoms with E-state index in [0.29, 0.717) is 12.5 Å². The van der Waals surface area contributed by atoms with Crippen LogP contribution in [0.1, 0.15) is 30.5 Å². The Balaban J connectivity index is 1.59. The molecule has 1 aromatic heterocycles. The number of methoxy groups -OCH3 is 1. The van der Waals surface area contributed by atoms with Crippen molar-refractivity contribution in [2.75, 3.05) is 7.11 Å². The van der Waals surface area contributed by atoms with Crippen LogP contribution in [0, 0.1) is 0 Å². The van der Waals surface area contributed by atoms with Crippen molar-refractivity contribution in [2.24, 2.45) is 7.05 Å². The molecular weight excluding hydrogens is 288 g/mol. The van der Waals surface area contributed by atoms with Crippen molar-refractivity contribution in [2.45, 2.75) is 38.3 Å². The summed E-state index contributed by atoms with van der Waals surface area (Å²) in [6.07, 6.45) is 5.64. The topological polar surface area (TPSA) is 34.5 Å². The number of aryl methyl sites for hydroxylation is 2. The van der Waals surface area contributed by atoms with Gasteiger partial charge in [-0.2, -0.15) is 0 Å². The van der Waals surface area contributed by atoms with Crippen LogP contribution in [0.15, 0.2) is 42.6 Å². The average molecular weight is 312 g/mol. The smallest absolute Gasteiger partial charge is 0.223 e. The second-order valence-corrected chi connectivity index (χ2v) is 6.21. The zero-order valence-corrected chi connectivity index (χ0v) is 13.9. The van der Waals surface area contributed by atoms with Gasteiger partial charge in [0, 0.05) is 31.4 Å². The zero-order chi connectivity index (χ0) is 16.2. The highest BCUT2D eigenvalue weighted by molar-refractivity contribution is 5.77. The first-order chi connectivity index (χ1) is 11.2. The monoisotopic (exact) mass is 312 g/mol. The third-order valence-corrected chi connectivity index (χ3v) is 4.48. The molecule has 4 heteroatoms. The molecule has 1 aliphatic rings. The largest absolute Gasteiger partial charge is 0.497 e. The van der Waals surface area contributed by atoms with E-state index in [1.165, 1.54) is 11.3 Å². The molecule has 23 heavy (non-hydrogen) atoms. The standard InChI is InChI=1S/C19H24N2O2/c1-20-13-3-4-17(20)14-21(16-8-9-16)19(22)12-7-15-5-10-18(23-2)11-6-15/h3-6,10-11,13,16H,7-9,12,14H2,1-2H3. The third-order valence-electron chi connectivity index (χ3n) is 4.48. The lowest BCUT2D eigenvalue weighted by molar-refractivity contribution is -0.132. The quantitative estimate of drug-likeness (QED) is 0.787. The van der Waals surface area contributed by atoms with E-state index in [9.17, 15) is 4.79 Å². The van der Waals surface area contributed by atoms with E-state index >= 15 is 0 Å². The Morgan fingerprint density at radius 1 is 1.26 bits per heavy atom. The maximum atomic E-state index is 12.7. The number of aromatic nitrogens is 1. The summed E-state index contributed by atoms with van der Waals surface area (Å²) in [5, 5.41) is 0. The van der Waals surface area contributed by atoms with Crippen molar-refractivity contribution < 1.29 is 9.53 Å². The Morgan fingerprint density at radius 3 is 2.57 bits per heavy atom. The number of benzene rings is 1. The van der Waals surface area contributed by atoms with Gasteiger partial charge in [0.2, 0.25) is 5.91 Å². The van der Waals surface area contributed by atoms with Gasteiger partial charge in [0.05, 0.1) is 13.7 Å². The summed E-state index contributed by atoms with van der Waals surface area (Å²) in [7, 11) is 3.69. The fourth-order valence-corrected chi connectivity index (χ4v) is 2.83. The number of carbonyl (C=O) groups is 1. The van der Waals surface area contributed by atoms with Gasteiger partial charge in [0.25, 0.3) is 0 Å². The lowest BCUT2D eigenvalue weighted by Crippen LogP contribution is -2.33. The summed E-state index contributed by atoms with van der Waals surface area (Å²) >= 11 is 0. The number of ether oxygens (including phenoxy) is 1. The second kappa shape index (κ2) is 6.90. The minimum absolute atomic E-state index is 0.254. The van der Waals surface area contributed by atoms with Crippen LogP contribution in [0.2, 0.25) is 0 Å². The molecule has 0 N–H and O–H groups in total. The van der Waals surface area contributed by atoms with E-state index in [4.69, 9.17) is 4.74 Å². The summed E-state index contributed by atoms with van der Waals surface area (Å²) in [6.45, 7) is 0.718. The molecule has 0 radical (unpaired) electrons. The minimum Gasteiger partial charge on any atom is -0.497 e. The third kappa shape index (κ3) is 3.95. The molecule has 1 fully saturated rings. The van der Waals surface area contributed by atoms with Gasteiger partial charge in [-0.1, -0.05) is 12.1 Å². The highest BCUT2D eigenvalue weighted by atomic mass is 16.5. The first kappa shape index (κ1) is 15.7. The maximum Gasteiger partial charge on any atom is 0.223 e. The zero-order valence-electron chi connectivity index (χ0n) is 13.9. The van der Waals surface area contributed by atoms with Crippen LogP contribution in [0.3, 0.4) is 0 Å². The van der Waals surface area contributed by atoms with Crippen molar-refractivity contribution in [3.05, 3.63) is 53.9 Å². The highest BCUT2D eigenvalue weighted by Gasteiger charge is 2.32. The molecule has 2 aromatic rings. The van der Waals surface area contributed by atoms with Gasteiger partial charge in [-0.3, -0.25) is 4.79 Å². The average Bonchev–Trinajstić information content (AvgIpc) is 3.33. The molecule has 0 spiro atoms. The molecule has 122 valence electrons. The number of amides is 1. The molecule has 0 aliphatic heterocycles. The predicted octanol–water partition coefficient (Wildman–Crippen LogP) is 3.16. The fraction of sp³-hybridized carbons (Fsp3) is 0.421. The molecule has 3 rings (SSSR count). The Hall–Kier alpha value is -2.23. The SMILES string of the molecule is COc1ccc(CCC(=O)N(Cc2cccn2C)C2CC2)cc1. The van der Waals surface area contributed by atoms with Gasteiger partial charge in [-0.05, 0) is 49.1 Å². The summed E-state index contributed by atoms with van der Waals surface area (Å²) in [4.78, 5) is 14.7. The van der Waals surface area contributed by atoms with Crippen LogP contribution in [0.5, 0.6) is 5.75 Å². The Morgan fingerprint density at radius 2 is 2.00 bits per heavy atom. The lowest BCUT2D eigenvalue weighted by Gasteiger charge is -2.23. The lowest BCUT2D eigenvalue weighted by atomic mass is 10.1. The number of carbonyl (C=O) groups excluding carboxylic acids is 1. The molecule has 1 saturated carbocycles. The van der Waals surface area contributed by atoms with E-state index < -0.39 is 0 Å². The number of rotatable bonds is 7. The van der Waals surface area contributed by atoms with E-state index in [-0.39, 0.29) is 5.91 Å². The molecule has 1 amide bonds. The van der Waals surface area contributed by atoms with Crippen LogP contribution in [-0.4, -0.2) is 28.5 Å². The molecule has 0 unspecified atom stereocenters. The Labute approximate surface area is 137 Å². The molecule has 0 saturated heterocycles. The number of hydrogen-bond acceptors (Lipinski definition) is 2. The van der Waals surface area contributed by atoms with Gasteiger partial charge < -0.3 is 14.2 Å². The van der Waals surface area contributed by atoms with Gasteiger partial charge in [-0.25, -0.2) is 0 Å². The van der Waals surface area contributed by atoms with E-state index in [0.717, 1.165) is 31.6 Å². The fourth-order valence-electron chi connectivity index (χ4n) is 2.83. The maximum absolute atomic E-state index is 12.7. The second-order valence-electron chi connectivity index (χ2n) is 6.21. The Bertz CT molecular complexity index is 656. The van der Waals surface area contributed by atoms with Crippen LogP contribution in [0.4, 0.5) is 0 Å². The normalized spacial score (nSPS) is 13.8. The van der Waals surface area contributed by atoms with Crippen molar-refractivity contribution in [1.29, 1.82) is 0 Å². The minimum atomic E-state index is 0.254. The van der Waals surface area contributed by atoms with Crippen LogP contribution < -0.4 is 4.74 Å². The molecule has 1 heterocycles. The molecule has 1 aliphatic carbocycles. The first-order valence-corrected chi connectivity index (χ1v) is 8.20. The first-order valence-electron chi connectivity index (χ1n) is 8.20. The number of hydrogen-bond donors (Lipinski definition) is 0. The summed E-state index contributed by atoms with van der Waals surface area (Å²) in [5.41, 5.74) is 2.36. The van der Waals surface area contributed by atoms with Gasteiger partial charge in [-0.15, -0.1) is 0 Å². The highest BCUT2D eigenvalue weighted by Crippen LogP contribution is 2.29. The molecular formula is C19H24N2O2. The predicted molar refractivity (Wildman–Crippen MR) is 90.3 cm³/mol. The van der Waals surface area contributed by atoms with E-state index in [1.807, 2.05) is 43.6 Å². The van der Waals surface area contributed by atoms with Crippen molar-refractivity contribution in [3.8, 4) is 5.75 Å². The molecule has 0 atom stereocenters. The molecule has 1 aromatic carbocycles. The summed E-state index contributed by atoms with van der Waals surface area (Å²) < 4.78 is 7.25. The summed E-state index contributed by atoms with van der Waals surface area (Å²) in [5.74, 6) is 1.10. The van der Waals surface area contributed by atoms with Crippen molar-refractivity contribution in [1.82, 2.24) is 9.47 Å². The van der Waals surface area contributed by atoms with Crippen LogP contribution in [-0.2, 0) is 24.8 Å². The Kier molecular flexibility index (Phi) is 4.70. The molecule has 0 bridgehead atoms. The van der Waals surface area contributed by atoms with E-state index in [2.05, 4.69) is 15.5 Å². The summed E-state index contributed by atoms with van der Waals surface area (Å²) in [6, 6.07) is 12.5. The van der Waals surface area contributed by atoms with Crippen LogP contribution >= 0.6 is 0 Å². The van der Waals surface area contributed by atoms with Gasteiger partial charge in [0.1, 0.15) is 5.75 Å². The van der Waals surface area contributed by atoms with Gasteiger partial charge in [0.15, 0.2) is 0 Å². The molecule has 4 nitrogen and oxygen atoms in total. The van der Waals surface area contributed by atoms with E-state index in [1.54, 1.807) is 7.11 Å². The van der Waals surface area contributed by atoms with Gasteiger partial charge >= 0.3 is 0 Å². The van der Waals surface area contributed by atoms with Crippen LogP contribution in [0.25, 0.3) is 0 Å². The number of nitrogens with zero attached hydrogens (tertiary/aromatic N) is 2. The van der Waals surface area contributed by atoms with Crippen molar-refractivity contribution >= 4 is 5.91 Å². The van der Waals surface area contributed by atoms with Crippen molar-refractivity contribution in [3.63, 3.8) is 0 Å².